The van der Waals surface area contributed by atoms with Gasteiger partial charge in [-0.1, -0.05) is 6.07 Å². The van der Waals surface area contributed by atoms with E-state index >= 15 is 0 Å². The zero-order chi connectivity index (χ0) is 13.1. The van der Waals surface area contributed by atoms with E-state index in [9.17, 15) is 4.39 Å². The minimum absolute atomic E-state index is 0.216. The van der Waals surface area contributed by atoms with Crippen molar-refractivity contribution in [3.63, 3.8) is 0 Å². The van der Waals surface area contributed by atoms with Crippen LogP contribution in [-0.4, -0.2) is 9.78 Å². The van der Waals surface area contributed by atoms with Crippen LogP contribution in [0.5, 0.6) is 0 Å². The van der Waals surface area contributed by atoms with Crippen LogP contribution in [-0.2, 0) is 6.54 Å². The van der Waals surface area contributed by atoms with Crippen LogP contribution in [0.3, 0.4) is 0 Å². The van der Waals surface area contributed by atoms with Crippen molar-refractivity contribution in [3.05, 3.63) is 47.5 Å². The Kier molecular flexibility index (Phi) is 3.65. The number of anilines is 1. The molecule has 0 atom stereocenters. The SMILES string of the molecule is Cc1ccc(NCc2cnn(C(C)C)c2)c(F)c1. The van der Waals surface area contributed by atoms with Crippen molar-refractivity contribution in [1.82, 2.24) is 9.78 Å². The van der Waals surface area contributed by atoms with Gasteiger partial charge in [0.25, 0.3) is 0 Å². The molecule has 0 aliphatic carbocycles. The Labute approximate surface area is 107 Å². The van der Waals surface area contributed by atoms with Crippen LogP contribution in [0.25, 0.3) is 0 Å². The number of hydrogen-bond donors (Lipinski definition) is 1. The maximum atomic E-state index is 13.6. The zero-order valence-electron chi connectivity index (χ0n) is 10.9. The first-order valence-corrected chi connectivity index (χ1v) is 6.09. The van der Waals surface area contributed by atoms with Gasteiger partial charge in [0.15, 0.2) is 0 Å². The van der Waals surface area contributed by atoms with Crippen LogP contribution in [0.4, 0.5) is 10.1 Å². The summed E-state index contributed by atoms with van der Waals surface area (Å²) in [6.45, 7) is 6.60. The molecule has 0 spiro atoms. The average molecular weight is 247 g/mol. The molecular weight excluding hydrogens is 229 g/mol. The van der Waals surface area contributed by atoms with Crippen molar-refractivity contribution in [3.8, 4) is 0 Å². The van der Waals surface area contributed by atoms with Crippen molar-refractivity contribution in [2.24, 2.45) is 0 Å². The van der Waals surface area contributed by atoms with Gasteiger partial charge in [0, 0.05) is 24.3 Å². The summed E-state index contributed by atoms with van der Waals surface area (Å²) in [6, 6.07) is 5.52. The Balaban J connectivity index is 2.02. The Bertz CT molecular complexity index is 532. The number of halogens is 1. The third-order valence-electron chi connectivity index (χ3n) is 2.79. The van der Waals surface area contributed by atoms with Crippen LogP contribution in [0.15, 0.2) is 30.6 Å². The fraction of sp³-hybridized carbons (Fsp3) is 0.357. The molecule has 0 radical (unpaired) electrons. The van der Waals surface area contributed by atoms with E-state index in [2.05, 4.69) is 24.3 Å². The fourth-order valence-electron chi connectivity index (χ4n) is 1.71. The highest BCUT2D eigenvalue weighted by molar-refractivity contribution is 5.46. The van der Waals surface area contributed by atoms with E-state index in [4.69, 9.17) is 0 Å². The van der Waals surface area contributed by atoms with Crippen molar-refractivity contribution in [1.29, 1.82) is 0 Å². The molecule has 18 heavy (non-hydrogen) atoms. The molecule has 1 aromatic carbocycles. The lowest BCUT2D eigenvalue weighted by molar-refractivity contribution is 0.532. The van der Waals surface area contributed by atoms with Gasteiger partial charge in [-0.15, -0.1) is 0 Å². The molecule has 0 bridgehead atoms. The first-order valence-electron chi connectivity index (χ1n) is 6.09. The second kappa shape index (κ2) is 5.21. The van der Waals surface area contributed by atoms with Crippen LogP contribution in [0, 0.1) is 12.7 Å². The lowest BCUT2D eigenvalue weighted by Crippen LogP contribution is -2.02. The van der Waals surface area contributed by atoms with Crippen LogP contribution in [0.2, 0.25) is 0 Å². The molecule has 96 valence electrons. The molecule has 2 aromatic rings. The molecular formula is C14H18FN3. The standard InChI is InChI=1S/C14H18FN3/c1-10(2)18-9-12(8-17-18)7-16-14-5-4-11(3)6-13(14)15/h4-6,8-10,16H,7H2,1-3H3. The average Bonchev–Trinajstić information content (AvgIpc) is 2.76. The van der Waals surface area contributed by atoms with Crippen LogP contribution < -0.4 is 5.32 Å². The van der Waals surface area contributed by atoms with Gasteiger partial charge in [-0.2, -0.15) is 5.10 Å². The number of nitrogens with zero attached hydrogens (tertiary/aromatic N) is 2. The molecule has 0 unspecified atom stereocenters. The summed E-state index contributed by atoms with van der Waals surface area (Å²) in [5.74, 6) is -0.216. The lowest BCUT2D eigenvalue weighted by atomic mass is 10.2. The molecule has 0 fully saturated rings. The van der Waals surface area contributed by atoms with Gasteiger partial charge in [0.1, 0.15) is 5.82 Å². The molecule has 4 heteroatoms. The number of benzene rings is 1. The highest BCUT2D eigenvalue weighted by atomic mass is 19.1. The molecule has 0 aliphatic rings. The maximum Gasteiger partial charge on any atom is 0.146 e. The Morgan fingerprint density at radius 2 is 2.17 bits per heavy atom. The van der Waals surface area contributed by atoms with E-state index in [0.29, 0.717) is 18.3 Å². The second-order valence-electron chi connectivity index (χ2n) is 4.76. The molecule has 0 aliphatic heterocycles. The quantitative estimate of drug-likeness (QED) is 0.895. The van der Waals surface area contributed by atoms with Gasteiger partial charge in [0.05, 0.1) is 11.9 Å². The zero-order valence-corrected chi connectivity index (χ0v) is 10.9. The first-order chi connectivity index (χ1) is 8.56. The van der Waals surface area contributed by atoms with Crippen molar-refractivity contribution < 1.29 is 4.39 Å². The number of aryl methyl sites for hydroxylation is 1. The normalized spacial score (nSPS) is 10.9. The van der Waals surface area contributed by atoms with Gasteiger partial charge in [0.2, 0.25) is 0 Å². The number of hydrogen-bond acceptors (Lipinski definition) is 2. The lowest BCUT2D eigenvalue weighted by Gasteiger charge is -2.07. The number of nitrogens with one attached hydrogen (secondary N) is 1. The summed E-state index contributed by atoms with van der Waals surface area (Å²) in [5.41, 5.74) is 2.49. The van der Waals surface area contributed by atoms with E-state index in [1.165, 1.54) is 6.07 Å². The molecule has 3 nitrogen and oxygen atoms in total. The summed E-state index contributed by atoms with van der Waals surface area (Å²) >= 11 is 0. The Hall–Kier alpha value is -1.84. The van der Waals surface area contributed by atoms with E-state index < -0.39 is 0 Å². The van der Waals surface area contributed by atoms with Crippen molar-refractivity contribution in [2.75, 3.05) is 5.32 Å². The topological polar surface area (TPSA) is 29.9 Å². The highest BCUT2D eigenvalue weighted by Gasteiger charge is 2.04. The summed E-state index contributed by atoms with van der Waals surface area (Å²) in [6.07, 6.45) is 3.78. The van der Waals surface area contributed by atoms with E-state index in [0.717, 1.165) is 11.1 Å². The number of aromatic nitrogens is 2. The summed E-state index contributed by atoms with van der Waals surface area (Å²) < 4.78 is 15.5. The predicted molar refractivity (Wildman–Crippen MR) is 71.1 cm³/mol. The number of rotatable bonds is 4. The molecule has 0 amide bonds. The van der Waals surface area contributed by atoms with Gasteiger partial charge in [-0.25, -0.2) is 4.39 Å². The first kappa shape index (κ1) is 12.6. The Morgan fingerprint density at radius 3 is 2.78 bits per heavy atom. The molecule has 1 heterocycles. The second-order valence-corrected chi connectivity index (χ2v) is 4.76. The highest BCUT2D eigenvalue weighted by Crippen LogP contribution is 2.16. The van der Waals surface area contributed by atoms with E-state index in [1.807, 2.05) is 23.9 Å². The minimum Gasteiger partial charge on any atom is -0.378 e. The third-order valence-corrected chi connectivity index (χ3v) is 2.79. The Morgan fingerprint density at radius 1 is 1.39 bits per heavy atom. The molecule has 0 saturated carbocycles. The van der Waals surface area contributed by atoms with Crippen LogP contribution in [0.1, 0.15) is 31.0 Å². The monoisotopic (exact) mass is 247 g/mol. The molecule has 2 rings (SSSR count). The van der Waals surface area contributed by atoms with Crippen molar-refractivity contribution >= 4 is 5.69 Å². The predicted octanol–water partition coefficient (Wildman–Crippen LogP) is 3.52. The van der Waals surface area contributed by atoms with Gasteiger partial charge >= 0.3 is 0 Å². The van der Waals surface area contributed by atoms with Crippen molar-refractivity contribution in [2.45, 2.75) is 33.4 Å². The minimum atomic E-state index is -0.216. The van der Waals surface area contributed by atoms with Crippen LogP contribution >= 0.6 is 0 Å². The van der Waals surface area contributed by atoms with E-state index in [-0.39, 0.29) is 5.82 Å². The molecule has 1 N–H and O–H groups in total. The summed E-state index contributed by atoms with van der Waals surface area (Å²) in [7, 11) is 0. The molecule has 1 aromatic heterocycles. The van der Waals surface area contributed by atoms with Gasteiger partial charge < -0.3 is 5.32 Å². The largest absolute Gasteiger partial charge is 0.378 e. The maximum absolute atomic E-state index is 13.6. The smallest absolute Gasteiger partial charge is 0.146 e. The fourth-order valence-corrected chi connectivity index (χ4v) is 1.71. The van der Waals surface area contributed by atoms with E-state index in [1.54, 1.807) is 12.3 Å². The van der Waals surface area contributed by atoms with Gasteiger partial charge in [-0.05, 0) is 38.5 Å². The summed E-state index contributed by atoms with van der Waals surface area (Å²) in [4.78, 5) is 0. The molecule has 0 saturated heterocycles. The van der Waals surface area contributed by atoms with Gasteiger partial charge in [-0.3, -0.25) is 4.68 Å². The summed E-state index contributed by atoms with van der Waals surface area (Å²) in [5, 5.41) is 7.33. The third kappa shape index (κ3) is 2.88.